The summed E-state index contributed by atoms with van der Waals surface area (Å²) in [7, 11) is 0. The van der Waals surface area contributed by atoms with Crippen molar-refractivity contribution in [1.29, 1.82) is 0 Å². The first-order chi connectivity index (χ1) is 8.58. The Kier molecular flexibility index (Phi) is 4.09. The van der Waals surface area contributed by atoms with Gasteiger partial charge in [0, 0.05) is 23.2 Å². The molecule has 0 amide bonds. The van der Waals surface area contributed by atoms with Crippen molar-refractivity contribution in [3.8, 4) is 0 Å². The topological polar surface area (TPSA) is 24.9 Å². The van der Waals surface area contributed by atoms with Gasteiger partial charge in [0.15, 0.2) is 0 Å². The van der Waals surface area contributed by atoms with Crippen molar-refractivity contribution in [2.24, 2.45) is 0 Å². The monoisotopic (exact) mass is 264 g/mol. The van der Waals surface area contributed by atoms with Gasteiger partial charge in [-0.3, -0.25) is 4.98 Å². The van der Waals surface area contributed by atoms with Crippen LogP contribution in [0.5, 0.6) is 0 Å². The Bertz CT molecular complexity index is 511. The van der Waals surface area contributed by atoms with Gasteiger partial charge in [0.1, 0.15) is 5.82 Å². The Morgan fingerprint density at radius 3 is 2.67 bits per heavy atom. The van der Waals surface area contributed by atoms with E-state index in [2.05, 4.69) is 17.2 Å². The van der Waals surface area contributed by atoms with Gasteiger partial charge in [0.25, 0.3) is 0 Å². The van der Waals surface area contributed by atoms with Gasteiger partial charge in [-0.2, -0.15) is 0 Å². The van der Waals surface area contributed by atoms with Crippen molar-refractivity contribution < 1.29 is 4.39 Å². The number of aromatic nitrogens is 1. The average molecular weight is 264 g/mol. The number of nitrogens with one attached hydrogen (secondary N) is 1. The minimum absolute atomic E-state index is 0.109. The maximum absolute atomic E-state index is 13.5. The number of hydrogen-bond donors (Lipinski definition) is 1. The fourth-order valence-electron chi connectivity index (χ4n) is 1.87. The standard InChI is InChI=1S/C14H17FN2S/c1-9-4-5-12(6-13(9)15)10(2)17-11(3)14-7-16-8-18-14/h4-8,10-11,17H,1-3H3. The zero-order valence-corrected chi connectivity index (χ0v) is 11.6. The Hall–Kier alpha value is -1.26. The van der Waals surface area contributed by atoms with Crippen LogP contribution in [0.15, 0.2) is 29.9 Å². The minimum atomic E-state index is -0.147. The molecule has 4 heteroatoms. The Labute approximate surface area is 111 Å². The van der Waals surface area contributed by atoms with Crippen molar-refractivity contribution in [1.82, 2.24) is 10.3 Å². The number of hydrogen-bond acceptors (Lipinski definition) is 3. The first-order valence-electron chi connectivity index (χ1n) is 5.98. The Morgan fingerprint density at radius 1 is 1.28 bits per heavy atom. The second kappa shape index (κ2) is 5.59. The van der Waals surface area contributed by atoms with E-state index in [1.165, 1.54) is 4.88 Å². The van der Waals surface area contributed by atoms with Gasteiger partial charge >= 0.3 is 0 Å². The third-order valence-electron chi connectivity index (χ3n) is 3.07. The van der Waals surface area contributed by atoms with Crippen molar-refractivity contribution in [3.05, 3.63) is 51.7 Å². The van der Waals surface area contributed by atoms with Crippen LogP contribution in [0.3, 0.4) is 0 Å². The van der Waals surface area contributed by atoms with Crippen LogP contribution in [-0.4, -0.2) is 4.98 Å². The maximum atomic E-state index is 13.5. The van der Waals surface area contributed by atoms with Crippen LogP contribution in [0, 0.1) is 12.7 Å². The molecule has 2 aromatic rings. The van der Waals surface area contributed by atoms with E-state index in [0.29, 0.717) is 5.56 Å². The molecule has 2 atom stereocenters. The lowest BCUT2D eigenvalue weighted by Crippen LogP contribution is -2.22. The Morgan fingerprint density at radius 2 is 2.06 bits per heavy atom. The zero-order valence-electron chi connectivity index (χ0n) is 10.8. The van der Waals surface area contributed by atoms with Crippen LogP contribution in [0.1, 0.15) is 41.9 Å². The van der Waals surface area contributed by atoms with Crippen molar-refractivity contribution in [2.75, 3.05) is 0 Å². The van der Waals surface area contributed by atoms with Gasteiger partial charge in [0.05, 0.1) is 5.51 Å². The largest absolute Gasteiger partial charge is 0.303 e. The van der Waals surface area contributed by atoms with Gasteiger partial charge in [0.2, 0.25) is 0 Å². The molecule has 1 aromatic carbocycles. The first kappa shape index (κ1) is 13.2. The molecule has 0 radical (unpaired) electrons. The highest BCUT2D eigenvalue weighted by Crippen LogP contribution is 2.22. The van der Waals surface area contributed by atoms with Crippen LogP contribution in [0.4, 0.5) is 4.39 Å². The van der Waals surface area contributed by atoms with Crippen LogP contribution >= 0.6 is 11.3 Å². The molecule has 0 bridgehead atoms. The number of rotatable bonds is 4. The van der Waals surface area contributed by atoms with E-state index in [-0.39, 0.29) is 17.9 Å². The molecule has 1 N–H and O–H groups in total. The highest BCUT2D eigenvalue weighted by molar-refractivity contribution is 7.09. The second-order valence-electron chi connectivity index (χ2n) is 4.52. The second-order valence-corrected chi connectivity index (χ2v) is 5.44. The van der Waals surface area contributed by atoms with E-state index >= 15 is 0 Å². The number of thiazole rings is 1. The molecule has 2 nitrogen and oxygen atoms in total. The van der Waals surface area contributed by atoms with Gasteiger partial charge in [-0.25, -0.2) is 4.39 Å². The van der Waals surface area contributed by atoms with Crippen LogP contribution in [0.2, 0.25) is 0 Å². The van der Waals surface area contributed by atoms with Crippen molar-refractivity contribution in [2.45, 2.75) is 32.9 Å². The van der Waals surface area contributed by atoms with Crippen LogP contribution < -0.4 is 5.32 Å². The van der Waals surface area contributed by atoms with E-state index in [0.717, 1.165) is 5.56 Å². The molecular weight excluding hydrogens is 247 g/mol. The smallest absolute Gasteiger partial charge is 0.126 e. The minimum Gasteiger partial charge on any atom is -0.303 e. The lowest BCUT2D eigenvalue weighted by molar-refractivity contribution is 0.496. The number of benzene rings is 1. The summed E-state index contributed by atoms with van der Waals surface area (Å²) >= 11 is 1.63. The van der Waals surface area contributed by atoms with Crippen LogP contribution in [0.25, 0.3) is 0 Å². The fraction of sp³-hybridized carbons (Fsp3) is 0.357. The summed E-state index contributed by atoms with van der Waals surface area (Å²) in [6.07, 6.45) is 1.87. The lowest BCUT2D eigenvalue weighted by Gasteiger charge is -2.19. The van der Waals surface area contributed by atoms with E-state index in [1.54, 1.807) is 24.3 Å². The first-order valence-corrected chi connectivity index (χ1v) is 6.86. The number of aryl methyl sites for hydroxylation is 1. The molecular formula is C14H17FN2S. The number of halogens is 1. The zero-order chi connectivity index (χ0) is 13.1. The lowest BCUT2D eigenvalue weighted by atomic mass is 10.1. The van der Waals surface area contributed by atoms with Crippen molar-refractivity contribution in [3.63, 3.8) is 0 Å². The van der Waals surface area contributed by atoms with E-state index in [9.17, 15) is 4.39 Å². The highest BCUT2D eigenvalue weighted by atomic mass is 32.1. The third-order valence-corrected chi connectivity index (χ3v) is 4.03. The molecule has 1 aromatic heterocycles. The van der Waals surface area contributed by atoms with Gasteiger partial charge < -0.3 is 5.32 Å². The quantitative estimate of drug-likeness (QED) is 0.902. The molecule has 1 heterocycles. The Balaban J connectivity index is 2.07. The molecule has 0 fully saturated rings. The predicted molar refractivity (Wildman–Crippen MR) is 73.2 cm³/mol. The summed E-state index contributed by atoms with van der Waals surface area (Å²) in [4.78, 5) is 5.26. The molecule has 2 rings (SSSR count). The summed E-state index contributed by atoms with van der Waals surface area (Å²) < 4.78 is 13.5. The van der Waals surface area contributed by atoms with E-state index in [4.69, 9.17) is 0 Å². The maximum Gasteiger partial charge on any atom is 0.126 e. The molecule has 0 spiro atoms. The molecule has 0 aliphatic rings. The summed E-state index contributed by atoms with van der Waals surface area (Å²) in [5, 5.41) is 3.45. The van der Waals surface area contributed by atoms with Gasteiger partial charge in [-0.1, -0.05) is 12.1 Å². The molecule has 18 heavy (non-hydrogen) atoms. The van der Waals surface area contributed by atoms with Gasteiger partial charge in [-0.15, -0.1) is 11.3 Å². The molecule has 96 valence electrons. The normalized spacial score (nSPS) is 14.4. The van der Waals surface area contributed by atoms with Crippen LogP contribution in [-0.2, 0) is 0 Å². The fourth-order valence-corrected chi connectivity index (χ4v) is 2.51. The third kappa shape index (κ3) is 2.94. The summed E-state index contributed by atoms with van der Waals surface area (Å²) in [6.45, 7) is 5.91. The summed E-state index contributed by atoms with van der Waals surface area (Å²) in [6, 6.07) is 5.72. The molecule has 0 saturated carbocycles. The molecule has 0 saturated heterocycles. The number of nitrogens with zero attached hydrogens (tertiary/aromatic N) is 1. The molecule has 2 unspecified atom stereocenters. The van der Waals surface area contributed by atoms with Gasteiger partial charge in [-0.05, 0) is 38.0 Å². The van der Waals surface area contributed by atoms with E-state index < -0.39 is 0 Å². The SMILES string of the molecule is Cc1ccc(C(C)NC(C)c2cncs2)cc1F. The molecule has 0 aliphatic carbocycles. The molecule has 0 aliphatic heterocycles. The average Bonchev–Trinajstić information content (AvgIpc) is 2.86. The predicted octanol–water partition coefficient (Wildman–Crippen LogP) is 4.00. The van der Waals surface area contributed by atoms with Crippen molar-refractivity contribution >= 4 is 11.3 Å². The summed E-state index contributed by atoms with van der Waals surface area (Å²) in [5.74, 6) is -0.147. The highest BCUT2D eigenvalue weighted by Gasteiger charge is 2.13. The van der Waals surface area contributed by atoms with E-state index in [1.807, 2.05) is 30.8 Å². The summed E-state index contributed by atoms with van der Waals surface area (Å²) in [5.41, 5.74) is 3.47.